The fraction of sp³-hybridized carbons (Fsp3) is 0.176. The molecule has 0 aliphatic heterocycles. The topological polar surface area (TPSA) is 95.5 Å². The molecule has 7 N–H and O–H groups in total. The summed E-state index contributed by atoms with van der Waals surface area (Å²) < 4.78 is 0. The van der Waals surface area contributed by atoms with Crippen LogP contribution in [-0.4, -0.2) is 55.2 Å². The van der Waals surface area contributed by atoms with Crippen LogP contribution in [0.4, 0.5) is 11.6 Å². The SMILES string of the molecule is CNCCNc1cc2ccc(-c3ccc4[nH]c5ccc(-c6ccc7cc(NCCNC)[nH]c7c6)cc5c4c3)cc2[nH]1. The summed E-state index contributed by atoms with van der Waals surface area (Å²) >= 11 is 0. The summed E-state index contributed by atoms with van der Waals surface area (Å²) in [5.41, 5.74) is 9.37. The average Bonchev–Trinajstić information content (AvgIpc) is 3.70. The average molecular weight is 542 g/mol. The van der Waals surface area contributed by atoms with Gasteiger partial charge in [-0.05, 0) is 84.9 Å². The molecule has 0 saturated carbocycles. The number of likely N-dealkylation sites (N-methyl/N-ethyl adjacent to an activating group) is 2. The summed E-state index contributed by atoms with van der Waals surface area (Å²) in [5.74, 6) is 2.09. The molecule has 0 aliphatic carbocycles. The Morgan fingerprint density at radius 2 is 0.878 bits per heavy atom. The van der Waals surface area contributed by atoms with Crippen molar-refractivity contribution in [3.8, 4) is 22.3 Å². The predicted octanol–water partition coefficient (Wildman–Crippen LogP) is 6.88. The fourth-order valence-corrected chi connectivity index (χ4v) is 5.70. The van der Waals surface area contributed by atoms with Crippen molar-refractivity contribution in [2.45, 2.75) is 0 Å². The molecule has 7 rings (SSSR count). The van der Waals surface area contributed by atoms with Crippen LogP contribution in [0.15, 0.2) is 84.9 Å². The number of fused-ring (bicyclic) bond motifs is 5. The van der Waals surface area contributed by atoms with Crippen LogP contribution < -0.4 is 21.3 Å². The first-order valence-corrected chi connectivity index (χ1v) is 14.3. The normalized spacial score (nSPS) is 11.8. The molecular formula is C34H35N7. The van der Waals surface area contributed by atoms with E-state index in [2.05, 4.69) is 121 Å². The highest BCUT2D eigenvalue weighted by Crippen LogP contribution is 2.35. The Kier molecular flexibility index (Phi) is 6.59. The summed E-state index contributed by atoms with van der Waals surface area (Å²) in [4.78, 5) is 10.7. The molecule has 7 nitrogen and oxygen atoms in total. The van der Waals surface area contributed by atoms with Gasteiger partial charge in [-0.15, -0.1) is 0 Å². The second-order valence-corrected chi connectivity index (χ2v) is 10.7. The first-order valence-electron chi connectivity index (χ1n) is 14.3. The Morgan fingerprint density at radius 1 is 0.439 bits per heavy atom. The first-order chi connectivity index (χ1) is 20.2. The molecule has 206 valence electrons. The van der Waals surface area contributed by atoms with E-state index in [0.717, 1.165) is 59.9 Å². The van der Waals surface area contributed by atoms with Crippen LogP contribution in [0.25, 0.3) is 65.9 Å². The third kappa shape index (κ3) is 4.90. The van der Waals surface area contributed by atoms with Crippen LogP contribution in [-0.2, 0) is 0 Å². The highest BCUT2D eigenvalue weighted by Gasteiger charge is 2.11. The van der Waals surface area contributed by atoms with Crippen molar-refractivity contribution in [1.82, 2.24) is 25.6 Å². The summed E-state index contributed by atoms with van der Waals surface area (Å²) in [7, 11) is 3.93. The van der Waals surface area contributed by atoms with Crippen LogP contribution in [0, 0.1) is 0 Å². The maximum absolute atomic E-state index is 3.61. The minimum Gasteiger partial charge on any atom is -0.370 e. The third-order valence-electron chi connectivity index (χ3n) is 7.89. The van der Waals surface area contributed by atoms with Crippen LogP contribution in [0.3, 0.4) is 0 Å². The summed E-state index contributed by atoms with van der Waals surface area (Å²) in [6.07, 6.45) is 0. The molecule has 7 heteroatoms. The number of aromatic nitrogens is 3. The summed E-state index contributed by atoms with van der Waals surface area (Å²) in [6.45, 7) is 3.60. The molecule has 4 aromatic carbocycles. The number of aromatic amines is 3. The van der Waals surface area contributed by atoms with Gasteiger partial charge in [0.15, 0.2) is 0 Å². The molecule has 0 amide bonds. The number of H-pyrrole nitrogens is 3. The molecule has 0 bridgehead atoms. The van der Waals surface area contributed by atoms with Gasteiger partial charge in [-0.3, -0.25) is 0 Å². The van der Waals surface area contributed by atoms with Crippen molar-refractivity contribution in [3.63, 3.8) is 0 Å². The molecule has 0 aliphatic rings. The van der Waals surface area contributed by atoms with Crippen molar-refractivity contribution in [3.05, 3.63) is 84.9 Å². The number of benzene rings is 4. The summed E-state index contributed by atoms with van der Waals surface area (Å²) in [6, 6.07) is 31.1. The molecule has 41 heavy (non-hydrogen) atoms. The second kappa shape index (κ2) is 10.7. The van der Waals surface area contributed by atoms with E-state index in [1.807, 2.05) is 14.1 Å². The van der Waals surface area contributed by atoms with Gasteiger partial charge < -0.3 is 36.2 Å². The predicted molar refractivity (Wildman–Crippen MR) is 175 cm³/mol. The first kappa shape index (κ1) is 25.3. The lowest BCUT2D eigenvalue weighted by Crippen LogP contribution is -2.17. The number of hydrogen-bond donors (Lipinski definition) is 7. The van der Waals surface area contributed by atoms with Gasteiger partial charge in [0, 0.05) is 69.8 Å². The lowest BCUT2D eigenvalue weighted by Gasteiger charge is -2.05. The molecule has 0 fully saturated rings. The lowest BCUT2D eigenvalue weighted by molar-refractivity contribution is 0.822. The van der Waals surface area contributed by atoms with Gasteiger partial charge in [-0.2, -0.15) is 0 Å². The van der Waals surface area contributed by atoms with Crippen molar-refractivity contribution < 1.29 is 0 Å². The van der Waals surface area contributed by atoms with Crippen LogP contribution in [0.2, 0.25) is 0 Å². The zero-order valence-electron chi connectivity index (χ0n) is 23.4. The molecule has 0 radical (unpaired) electrons. The van der Waals surface area contributed by atoms with Crippen molar-refractivity contribution in [2.24, 2.45) is 0 Å². The van der Waals surface area contributed by atoms with E-state index in [1.165, 1.54) is 43.8 Å². The van der Waals surface area contributed by atoms with E-state index in [4.69, 9.17) is 0 Å². The van der Waals surface area contributed by atoms with Crippen LogP contribution >= 0.6 is 0 Å². The number of anilines is 2. The van der Waals surface area contributed by atoms with E-state index in [9.17, 15) is 0 Å². The van der Waals surface area contributed by atoms with Gasteiger partial charge in [-0.1, -0.05) is 36.4 Å². The van der Waals surface area contributed by atoms with Crippen LogP contribution in [0.1, 0.15) is 0 Å². The van der Waals surface area contributed by atoms with Gasteiger partial charge in [0.05, 0.1) is 0 Å². The van der Waals surface area contributed by atoms with E-state index in [0.29, 0.717) is 0 Å². The fourth-order valence-electron chi connectivity index (χ4n) is 5.70. The van der Waals surface area contributed by atoms with Crippen molar-refractivity contribution in [1.29, 1.82) is 0 Å². The van der Waals surface area contributed by atoms with E-state index >= 15 is 0 Å². The number of nitrogens with one attached hydrogen (secondary N) is 7. The number of rotatable bonds is 10. The largest absolute Gasteiger partial charge is 0.370 e. The molecular weight excluding hydrogens is 506 g/mol. The lowest BCUT2D eigenvalue weighted by atomic mass is 9.99. The quantitative estimate of drug-likeness (QED) is 0.0961. The van der Waals surface area contributed by atoms with Gasteiger partial charge in [-0.25, -0.2) is 0 Å². The van der Waals surface area contributed by atoms with E-state index < -0.39 is 0 Å². The zero-order valence-corrected chi connectivity index (χ0v) is 23.4. The highest BCUT2D eigenvalue weighted by atomic mass is 15.0. The van der Waals surface area contributed by atoms with Crippen molar-refractivity contribution in [2.75, 3.05) is 50.9 Å². The zero-order chi connectivity index (χ0) is 27.8. The second-order valence-electron chi connectivity index (χ2n) is 10.7. The van der Waals surface area contributed by atoms with Crippen LogP contribution in [0.5, 0.6) is 0 Å². The standard InChI is InChI=1S/C34H35N7/c1-35-11-13-37-33-19-25-5-3-23(17-31(25)40-33)21-7-9-29-27(15-21)28-16-22(8-10-30(28)39-29)24-4-6-26-20-34(38-14-12-36-2)41-32(26)18-24/h3-10,15-20,35-41H,11-14H2,1-2H3. The van der Waals surface area contributed by atoms with Gasteiger partial charge >= 0.3 is 0 Å². The molecule has 0 atom stereocenters. The third-order valence-corrected chi connectivity index (χ3v) is 7.89. The maximum Gasteiger partial charge on any atom is 0.104 e. The Hall–Kier alpha value is -4.72. The monoisotopic (exact) mass is 541 g/mol. The molecule has 7 aromatic rings. The van der Waals surface area contributed by atoms with E-state index in [1.54, 1.807) is 0 Å². The smallest absolute Gasteiger partial charge is 0.104 e. The summed E-state index contributed by atoms with van der Waals surface area (Å²) in [5, 5.41) is 18.1. The minimum absolute atomic E-state index is 0.878. The molecule has 3 heterocycles. The molecule has 0 saturated heterocycles. The Bertz CT molecular complexity index is 1850. The van der Waals surface area contributed by atoms with Gasteiger partial charge in [0.1, 0.15) is 11.6 Å². The van der Waals surface area contributed by atoms with Crippen molar-refractivity contribution >= 4 is 55.2 Å². The Balaban J connectivity index is 1.22. The molecule has 3 aromatic heterocycles. The van der Waals surface area contributed by atoms with E-state index in [-0.39, 0.29) is 0 Å². The Labute approximate surface area is 238 Å². The minimum atomic E-state index is 0.878. The highest BCUT2D eigenvalue weighted by molar-refractivity contribution is 6.10. The molecule has 0 spiro atoms. The van der Waals surface area contributed by atoms with Gasteiger partial charge in [0.2, 0.25) is 0 Å². The van der Waals surface area contributed by atoms with Gasteiger partial charge in [0.25, 0.3) is 0 Å². The maximum atomic E-state index is 3.61. The number of hydrogen-bond acceptors (Lipinski definition) is 4. The molecule has 0 unspecified atom stereocenters. The Morgan fingerprint density at radius 3 is 1.34 bits per heavy atom.